The summed E-state index contributed by atoms with van der Waals surface area (Å²) in [5.41, 5.74) is 1.30. The highest BCUT2D eigenvalue weighted by Gasteiger charge is 2.43. The summed E-state index contributed by atoms with van der Waals surface area (Å²) in [7, 11) is -2.55. The fourth-order valence-electron chi connectivity index (χ4n) is 3.44. The molecule has 1 aliphatic carbocycles. The van der Waals surface area contributed by atoms with Crippen molar-refractivity contribution in [2.45, 2.75) is 91.0 Å². The summed E-state index contributed by atoms with van der Waals surface area (Å²) in [4.78, 5) is 0. The van der Waals surface area contributed by atoms with E-state index in [9.17, 15) is 0 Å². The molecule has 0 aromatic carbocycles. The van der Waals surface area contributed by atoms with Crippen LogP contribution in [0.3, 0.4) is 0 Å². The van der Waals surface area contributed by atoms with Crippen LogP contribution in [0.5, 0.6) is 0 Å². The summed E-state index contributed by atoms with van der Waals surface area (Å²) < 4.78 is 6.55. The molecule has 1 nitrogen and oxygen atoms in total. The summed E-state index contributed by atoms with van der Waals surface area (Å²) >= 11 is 0. The van der Waals surface area contributed by atoms with Crippen molar-refractivity contribution < 1.29 is 4.43 Å². The van der Waals surface area contributed by atoms with Crippen molar-refractivity contribution >= 4 is 16.4 Å². The minimum Gasteiger partial charge on any atom is -0.415 e. The van der Waals surface area contributed by atoms with Gasteiger partial charge in [-0.1, -0.05) is 40.4 Å². The van der Waals surface area contributed by atoms with Crippen LogP contribution in [0.15, 0.2) is 0 Å². The highest BCUT2D eigenvalue weighted by atomic mass is 28.4. The lowest BCUT2D eigenvalue weighted by Crippen LogP contribution is -2.47. The van der Waals surface area contributed by atoms with E-state index in [1.165, 1.54) is 19.3 Å². The first-order valence-electron chi connectivity index (χ1n) is 7.98. The normalized spacial score (nSPS) is 30.5. The lowest BCUT2D eigenvalue weighted by Gasteiger charge is -2.47. The van der Waals surface area contributed by atoms with E-state index in [1.54, 1.807) is 0 Å². The Bertz CT molecular complexity index is 293. The molecule has 0 saturated heterocycles. The van der Waals surface area contributed by atoms with E-state index in [0.717, 1.165) is 11.5 Å². The molecule has 0 N–H and O–H groups in total. The minimum atomic E-state index is -1.41. The molecule has 1 saturated carbocycles. The van der Waals surface area contributed by atoms with Gasteiger partial charge in [0, 0.05) is 6.10 Å². The second kappa shape index (κ2) is 5.65. The van der Waals surface area contributed by atoms with Crippen molar-refractivity contribution in [3.8, 4) is 0 Å². The topological polar surface area (TPSA) is 9.23 Å². The quantitative estimate of drug-likeness (QED) is 0.602. The van der Waals surface area contributed by atoms with E-state index < -0.39 is 16.4 Å². The van der Waals surface area contributed by atoms with E-state index >= 15 is 0 Å². The number of hydrogen-bond acceptors (Lipinski definition) is 1. The van der Waals surface area contributed by atoms with Crippen molar-refractivity contribution in [3.05, 3.63) is 0 Å². The minimum absolute atomic E-state index is 0.460. The predicted octanol–water partition coefficient (Wildman–Crippen LogP) is 5.76. The summed E-state index contributed by atoms with van der Waals surface area (Å²) in [5.74, 6) is 0.880. The zero-order valence-corrected chi connectivity index (χ0v) is 16.8. The second-order valence-corrected chi connectivity index (χ2v) is 19.6. The van der Waals surface area contributed by atoms with Gasteiger partial charge in [-0.25, -0.2) is 0 Å². The van der Waals surface area contributed by atoms with Crippen LogP contribution in [-0.2, 0) is 4.43 Å². The molecule has 0 unspecified atom stereocenters. The van der Waals surface area contributed by atoms with E-state index in [-0.39, 0.29) is 0 Å². The average molecular weight is 301 g/mol. The largest absolute Gasteiger partial charge is 0.415 e. The fraction of sp³-hybridized carbons (Fsp3) is 1.00. The summed E-state index contributed by atoms with van der Waals surface area (Å²) in [6, 6.07) is 0. The van der Waals surface area contributed by atoms with Gasteiger partial charge in [0.1, 0.15) is 0 Å². The van der Waals surface area contributed by atoms with E-state index in [1.807, 2.05) is 0 Å². The standard InChI is InChI=1S/C16H36OSi2/c1-16(2,3)13-10-11-14(17-19(7,8)9)15(12-13)18(4,5)6/h13-15H,10-12H2,1-9H3/t13-,14+,15+/m0/s1. The van der Waals surface area contributed by atoms with Crippen molar-refractivity contribution in [1.29, 1.82) is 0 Å². The average Bonchev–Trinajstić information content (AvgIpc) is 2.11. The van der Waals surface area contributed by atoms with Crippen LogP contribution in [0.25, 0.3) is 0 Å². The van der Waals surface area contributed by atoms with Crippen LogP contribution in [0, 0.1) is 11.3 Å². The van der Waals surface area contributed by atoms with Gasteiger partial charge in [0.05, 0.1) is 8.07 Å². The lowest BCUT2D eigenvalue weighted by atomic mass is 9.71. The molecule has 1 aliphatic rings. The van der Waals surface area contributed by atoms with E-state index in [2.05, 4.69) is 60.1 Å². The third-order valence-corrected chi connectivity index (χ3v) is 8.47. The molecule has 0 aromatic heterocycles. The smallest absolute Gasteiger partial charge is 0.184 e. The molecule has 0 amide bonds. The maximum atomic E-state index is 6.55. The molecule has 114 valence electrons. The zero-order chi connectivity index (χ0) is 15.1. The van der Waals surface area contributed by atoms with Crippen LogP contribution in [0.4, 0.5) is 0 Å². The van der Waals surface area contributed by atoms with Crippen LogP contribution in [0.2, 0.25) is 44.8 Å². The van der Waals surface area contributed by atoms with Gasteiger partial charge in [-0.2, -0.15) is 0 Å². The summed E-state index contributed by atoms with van der Waals surface area (Å²) in [6.07, 6.45) is 4.60. The maximum Gasteiger partial charge on any atom is 0.184 e. The maximum absolute atomic E-state index is 6.55. The van der Waals surface area contributed by atoms with Gasteiger partial charge in [0.15, 0.2) is 8.32 Å². The molecule has 0 bridgehead atoms. The number of hydrogen-bond donors (Lipinski definition) is 0. The van der Waals surface area contributed by atoms with Gasteiger partial charge < -0.3 is 4.43 Å². The Morgan fingerprint density at radius 1 is 0.895 bits per heavy atom. The third kappa shape index (κ3) is 5.35. The molecule has 0 aromatic rings. The van der Waals surface area contributed by atoms with Crippen molar-refractivity contribution in [2.75, 3.05) is 0 Å². The first kappa shape index (κ1) is 17.4. The molecule has 19 heavy (non-hydrogen) atoms. The molecule has 0 heterocycles. The first-order chi connectivity index (χ1) is 8.31. The van der Waals surface area contributed by atoms with E-state index in [0.29, 0.717) is 11.5 Å². The zero-order valence-electron chi connectivity index (χ0n) is 14.8. The van der Waals surface area contributed by atoms with Gasteiger partial charge >= 0.3 is 0 Å². The van der Waals surface area contributed by atoms with Crippen molar-refractivity contribution in [3.63, 3.8) is 0 Å². The third-order valence-electron chi connectivity index (χ3n) is 4.63. The molecular weight excluding hydrogens is 264 g/mol. The SMILES string of the molecule is CC(C)(C)[C@H]1CC[C@@H](O[Si](C)(C)C)[C@H]([Si](C)(C)C)C1. The van der Waals surface area contributed by atoms with Gasteiger partial charge in [0.25, 0.3) is 0 Å². The Kier molecular flexibility index (Phi) is 5.18. The van der Waals surface area contributed by atoms with E-state index in [4.69, 9.17) is 4.43 Å². The Labute approximate surface area is 123 Å². The van der Waals surface area contributed by atoms with Crippen LogP contribution in [-0.4, -0.2) is 22.5 Å². The first-order valence-corrected chi connectivity index (χ1v) is 15.0. The van der Waals surface area contributed by atoms with Crippen LogP contribution < -0.4 is 0 Å². The monoisotopic (exact) mass is 300 g/mol. The van der Waals surface area contributed by atoms with Gasteiger partial charge in [0.2, 0.25) is 0 Å². The number of rotatable bonds is 3. The molecular formula is C16H36OSi2. The van der Waals surface area contributed by atoms with Gasteiger partial charge in [-0.05, 0) is 55.8 Å². The second-order valence-electron chi connectivity index (χ2n) is 9.62. The Morgan fingerprint density at radius 2 is 1.42 bits per heavy atom. The highest BCUT2D eigenvalue weighted by molar-refractivity contribution is 6.78. The van der Waals surface area contributed by atoms with Crippen molar-refractivity contribution in [2.24, 2.45) is 11.3 Å². The van der Waals surface area contributed by atoms with Crippen molar-refractivity contribution in [1.82, 2.24) is 0 Å². The predicted molar refractivity (Wildman–Crippen MR) is 92.1 cm³/mol. The molecule has 3 atom stereocenters. The highest BCUT2D eigenvalue weighted by Crippen LogP contribution is 2.47. The van der Waals surface area contributed by atoms with Gasteiger partial charge in [-0.3, -0.25) is 0 Å². The summed E-state index contributed by atoms with van der Waals surface area (Å²) in [5, 5.41) is 0. The summed E-state index contributed by atoms with van der Waals surface area (Å²) in [6.45, 7) is 21.9. The van der Waals surface area contributed by atoms with Crippen LogP contribution in [0.1, 0.15) is 40.0 Å². The molecule has 0 radical (unpaired) electrons. The fourth-order valence-corrected chi connectivity index (χ4v) is 7.10. The lowest BCUT2D eigenvalue weighted by molar-refractivity contribution is 0.0816. The molecule has 1 rings (SSSR count). The molecule has 1 fully saturated rings. The Morgan fingerprint density at radius 3 is 1.79 bits per heavy atom. The Hall–Kier alpha value is 0.394. The Balaban J connectivity index is 2.85. The molecule has 3 heteroatoms. The van der Waals surface area contributed by atoms with Crippen LogP contribution >= 0.6 is 0 Å². The molecule has 0 aliphatic heterocycles. The van der Waals surface area contributed by atoms with Gasteiger partial charge in [-0.15, -0.1) is 0 Å². The molecule has 0 spiro atoms.